The first kappa shape index (κ1) is 13.3. The van der Waals surface area contributed by atoms with Crippen molar-refractivity contribution in [3.63, 3.8) is 0 Å². The second kappa shape index (κ2) is 5.21. The summed E-state index contributed by atoms with van der Waals surface area (Å²) in [5.41, 5.74) is 0. The lowest BCUT2D eigenvalue weighted by Gasteiger charge is -2.24. The van der Waals surface area contributed by atoms with Crippen molar-refractivity contribution in [3.05, 3.63) is 0 Å². The molecule has 0 aromatic heterocycles. The van der Waals surface area contributed by atoms with Crippen molar-refractivity contribution in [2.45, 2.75) is 37.1 Å². The van der Waals surface area contributed by atoms with Crippen LogP contribution < -0.4 is 5.32 Å². The Hall–Kier alpha value is -1.18. The molecule has 0 saturated carbocycles. The molecule has 0 aromatic rings. The van der Waals surface area contributed by atoms with Crippen LogP contribution in [0.4, 0.5) is 0 Å². The monoisotopic (exact) mass is 258 g/mol. The van der Waals surface area contributed by atoms with Gasteiger partial charge in [0.15, 0.2) is 0 Å². The lowest BCUT2D eigenvalue weighted by molar-refractivity contribution is -0.148. The minimum absolute atomic E-state index is 0.235. The predicted octanol–water partition coefficient (Wildman–Crippen LogP) is -1.59. The van der Waals surface area contributed by atoms with Gasteiger partial charge in [-0.3, -0.25) is 4.79 Å². The van der Waals surface area contributed by atoms with Gasteiger partial charge in [-0.25, -0.2) is 4.79 Å². The third kappa shape index (κ3) is 2.47. The summed E-state index contributed by atoms with van der Waals surface area (Å²) in [4.78, 5) is 24.7. The Morgan fingerprint density at radius 2 is 2.11 bits per heavy atom. The molecule has 0 spiro atoms. The second-order valence-corrected chi connectivity index (χ2v) is 4.79. The smallest absolute Gasteiger partial charge is 0.326 e. The molecule has 0 radical (unpaired) electrons. The van der Waals surface area contributed by atoms with E-state index in [4.69, 9.17) is 9.84 Å². The highest BCUT2D eigenvalue weighted by atomic mass is 16.5. The molecule has 1 amide bonds. The summed E-state index contributed by atoms with van der Waals surface area (Å²) in [5.74, 6) is -1.28. The third-order valence-corrected chi connectivity index (χ3v) is 3.57. The van der Waals surface area contributed by atoms with Crippen LogP contribution in [-0.4, -0.2) is 71.5 Å². The molecule has 0 bridgehead atoms. The number of likely N-dealkylation sites (tertiary alicyclic amines) is 1. The third-order valence-electron chi connectivity index (χ3n) is 3.57. The Balaban J connectivity index is 2.05. The quantitative estimate of drug-likeness (QED) is 0.564. The number of hydrogen-bond acceptors (Lipinski definition) is 5. The Bertz CT molecular complexity index is 348. The number of nitrogens with one attached hydrogen (secondary N) is 1. The normalized spacial score (nSPS) is 36.0. The van der Waals surface area contributed by atoms with Gasteiger partial charge in [0, 0.05) is 26.6 Å². The van der Waals surface area contributed by atoms with Crippen molar-refractivity contribution in [1.82, 2.24) is 10.2 Å². The summed E-state index contributed by atoms with van der Waals surface area (Å²) in [5, 5.41) is 21.4. The minimum atomic E-state index is -1.01. The van der Waals surface area contributed by atoms with Crippen LogP contribution in [0, 0.1) is 0 Å². The molecule has 4 atom stereocenters. The Kier molecular flexibility index (Phi) is 3.84. The predicted molar refractivity (Wildman–Crippen MR) is 61.0 cm³/mol. The summed E-state index contributed by atoms with van der Waals surface area (Å²) in [6, 6.07) is -1.32. The van der Waals surface area contributed by atoms with Crippen molar-refractivity contribution < 1.29 is 24.5 Å². The van der Waals surface area contributed by atoms with E-state index in [9.17, 15) is 14.7 Å². The summed E-state index contributed by atoms with van der Waals surface area (Å²) < 4.78 is 5.13. The zero-order chi connectivity index (χ0) is 13.3. The number of carboxylic acids is 1. The molecule has 0 aliphatic carbocycles. The maximum absolute atomic E-state index is 12.2. The van der Waals surface area contributed by atoms with E-state index in [1.54, 1.807) is 0 Å². The van der Waals surface area contributed by atoms with E-state index in [0.717, 1.165) is 0 Å². The van der Waals surface area contributed by atoms with Crippen LogP contribution in [0.1, 0.15) is 12.8 Å². The van der Waals surface area contributed by atoms with Crippen LogP contribution in [0.5, 0.6) is 0 Å². The van der Waals surface area contributed by atoms with Gasteiger partial charge in [0.05, 0.1) is 18.2 Å². The number of carboxylic acid groups (broad SMARTS) is 1. The van der Waals surface area contributed by atoms with Crippen molar-refractivity contribution >= 4 is 11.9 Å². The molecule has 102 valence electrons. The van der Waals surface area contributed by atoms with Gasteiger partial charge in [0.1, 0.15) is 6.04 Å². The maximum atomic E-state index is 12.2. The fraction of sp³-hybridized carbons (Fsp3) is 0.818. The van der Waals surface area contributed by atoms with Crippen LogP contribution in [0.15, 0.2) is 0 Å². The molecule has 2 aliphatic heterocycles. The molecule has 3 N–H and O–H groups in total. The number of β-amino-alcohol motifs (C(OH)–C–C–N with tert-alkyl or cyclic N) is 1. The number of hydrogen-bond donors (Lipinski definition) is 3. The molecule has 2 saturated heterocycles. The van der Waals surface area contributed by atoms with Crippen LogP contribution in [-0.2, 0) is 14.3 Å². The van der Waals surface area contributed by atoms with E-state index < -0.39 is 24.2 Å². The maximum Gasteiger partial charge on any atom is 0.326 e. The zero-order valence-electron chi connectivity index (χ0n) is 10.2. The van der Waals surface area contributed by atoms with Crippen LogP contribution in [0.2, 0.25) is 0 Å². The van der Waals surface area contributed by atoms with Crippen molar-refractivity contribution in [2.75, 3.05) is 20.2 Å². The van der Waals surface area contributed by atoms with Crippen LogP contribution in [0.25, 0.3) is 0 Å². The molecular weight excluding hydrogens is 240 g/mol. The van der Waals surface area contributed by atoms with Gasteiger partial charge < -0.3 is 25.2 Å². The molecular formula is C11H18N2O5. The first-order valence-electron chi connectivity index (χ1n) is 6.00. The molecule has 7 heteroatoms. The van der Waals surface area contributed by atoms with E-state index in [2.05, 4.69) is 5.32 Å². The minimum Gasteiger partial charge on any atom is -0.480 e. The number of rotatable bonds is 3. The lowest BCUT2D eigenvalue weighted by Crippen LogP contribution is -2.48. The number of ether oxygens (including phenoxy) is 1. The van der Waals surface area contributed by atoms with Gasteiger partial charge in [-0.05, 0) is 6.42 Å². The summed E-state index contributed by atoms with van der Waals surface area (Å²) in [6.45, 7) is 0.663. The van der Waals surface area contributed by atoms with Crippen molar-refractivity contribution in [1.29, 1.82) is 0 Å². The highest BCUT2D eigenvalue weighted by molar-refractivity contribution is 5.88. The Morgan fingerprint density at radius 1 is 1.39 bits per heavy atom. The highest BCUT2D eigenvalue weighted by Crippen LogP contribution is 2.22. The lowest BCUT2D eigenvalue weighted by atomic mass is 10.1. The number of nitrogens with zero attached hydrogens (tertiary/aromatic N) is 1. The molecule has 18 heavy (non-hydrogen) atoms. The molecule has 0 aromatic carbocycles. The molecule has 4 unspecified atom stereocenters. The van der Waals surface area contributed by atoms with Crippen LogP contribution >= 0.6 is 0 Å². The summed E-state index contributed by atoms with van der Waals surface area (Å²) in [6.07, 6.45) is -0.129. The number of aliphatic hydroxyl groups excluding tert-OH is 1. The zero-order valence-corrected chi connectivity index (χ0v) is 10.2. The van der Waals surface area contributed by atoms with Gasteiger partial charge in [-0.2, -0.15) is 0 Å². The largest absolute Gasteiger partial charge is 0.480 e. The van der Waals surface area contributed by atoms with Crippen LogP contribution in [0.3, 0.4) is 0 Å². The second-order valence-electron chi connectivity index (χ2n) is 4.79. The number of aliphatic hydroxyl groups is 1. The first-order valence-corrected chi connectivity index (χ1v) is 6.00. The van der Waals surface area contributed by atoms with E-state index in [1.807, 2.05) is 0 Å². The number of methoxy groups -OCH3 is 1. The molecule has 2 heterocycles. The molecule has 2 aliphatic rings. The Labute approximate surface area is 105 Å². The number of carbonyl (C=O) groups excluding carboxylic acids is 1. The first-order chi connectivity index (χ1) is 8.52. The van der Waals surface area contributed by atoms with Gasteiger partial charge in [-0.1, -0.05) is 0 Å². The van der Waals surface area contributed by atoms with Gasteiger partial charge >= 0.3 is 5.97 Å². The number of amides is 1. The molecule has 7 nitrogen and oxygen atoms in total. The molecule has 2 fully saturated rings. The van der Waals surface area contributed by atoms with E-state index in [1.165, 1.54) is 12.0 Å². The van der Waals surface area contributed by atoms with Gasteiger partial charge in [0.2, 0.25) is 5.91 Å². The van der Waals surface area contributed by atoms with Crippen molar-refractivity contribution in [3.8, 4) is 0 Å². The topological polar surface area (TPSA) is 99.1 Å². The summed E-state index contributed by atoms with van der Waals surface area (Å²) in [7, 11) is 1.51. The average Bonchev–Trinajstić information content (AvgIpc) is 2.93. The SMILES string of the molecule is COC1CC(C(=O)O)N(C(=O)C2CC(O)CN2)C1. The van der Waals surface area contributed by atoms with Gasteiger partial charge in [-0.15, -0.1) is 0 Å². The average molecular weight is 258 g/mol. The number of aliphatic carboxylic acids is 1. The van der Waals surface area contributed by atoms with Crippen molar-refractivity contribution in [2.24, 2.45) is 0 Å². The summed E-state index contributed by atoms with van der Waals surface area (Å²) >= 11 is 0. The van der Waals surface area contributed by atoms with E-state index in [-0.39, 0.29) is 12.0 Å². The van der Waals surface area contributed by atoms with E-state index in [0.29, 0.717) is 25.9 Å². The van der Waals surface area contributed by atoms with Gasteiger partial charge in [0.25, 0.3) is 0 Å². The Morgan fingerprint density at radius 3 is 2.61 bits per heavy atom. The highest BCUT2D eigenvalue weighted by Gasteiger charge is 2.43. The fourth-order valence-corrected chi connectivity index (χ4v) is 2.55. The number of carbonyl (C=O) groups is 2. The fourth-order valence-electron chi connectivity index (χ4n) is 2.55. The van der Waals surface area contributed by atoms with E-state index >= 15 is 0 Å². The molecule has 2 rings (SSSR count). The standard InChI is InChI=1S/C11H18N2O5/c1-18-7-3-9(11(16)17)13(5-7)10(15)8-2-6(14)4-12-8/h6-9,12,14H,2-5H2,1H3,(H,16,17).